The number of aryl methyl sites for hydroxylation is 1. The van der Waals surface area contributed by atoms with E-state index in [1.807, 2.05) is 0 Å². The molecule has 2 nitrogen and oxygen atoms in total. The molecule has 0 aliphatic carbocycles. The molecule has 0 amide bonds. The normalized spacial score (nSPS) is 10.9. The summed E-state index contributed by atoms with van der Waals surface area (Å²) in [5.41, 5.74) is 0.604. The summed E-state index contributed by atoms with van der Waals surface area (Å²) >= 11 is 0. The van der Waals surface area contributed by atoms with E-state index in [-0.39, 0.29) is 0 Å². The van der Waals surface area contributed by atoms with Crippen molar-refractivity contribution in [1.29, 1.82) is 0 Å². The maximum absolute atomic E-state index is 11.9. The first-order valence-electron chi connectivity index (χ1n) is 3.99. The van der Waals surface area contributed by atoms with Crippen LogP contribution in [0.3, 0.4) is 0 Å². The lowest BCUT2D eigenvalue weighted by Gasteiger charge is -2.11. The highest BCUT2D eigenvalue weighted by Crippen LogP contribution is 2.30. The summed E-state index contributed by atoms with van der Waals surface area (Å²) in [5.74, 6) is -0.804. The van der Waals surface area contributed by atoms with Gasteiger partial charge in [-0.25, -0.2) is 0 Å². The lowest BCUT2D eigenvalue weighted by molar-refractivity contribution is -0.0692. The summed E-state index contributed by atoms with van der Waals surface area (Å²) in [5, 5.41) is 0. The van der Waals surface area contributed by atoms with Crippen molar-refractivity contribution in [3.63, 3.8) is 0 Å². The van der Waals surface area contributed by atoms with Crippen LogP contribution in [0.2, 0.25) is 0 Å². The van der Waals surface area contributed by atoms with E-state index in [9.17, 15) is 17.6 Å². The fourth-order valence-electron chi connectivity index (χ4n) is 0.997. The lowest BCUT2D eigenvalue weighted by Crippen LogP contribution is -2.07. The van der Waals surface area contributed by atoms with Gasteiger partial charge in [0.1, 0.15) is 0 Å². The molecule has 0 bridgehead atoms. The van der Waals surface area contributed by atoms with Gasteiger partial charge < -0.3 is 9.47 Å². The van der Waals surface area contributed by atoms with Crippen LogP contribution in [0.15, 0.2) is 18.2 Å². The minimum Gasteiger partial charge on any atom is -0.431 e. The zero-order valence-corrected chi connectivity index (χ0v) is 7.72. The van der Waals surface area contributed by atoms with Crippen LogP contribution in [-0.2, 0) is 0 Å². The Morgan fingerprint density at radius 3 is 2.00 bits per heavy atom. The molecule has 0 radical (unpaired) electrons. The Bertz CT molecular complexity index is 328. The largest absolute Gasteiger partial charge is 0.431 e. The molecule has 0 unspecified atom stereocenters. The van der Waals surface area contributed by atoms with Gasteiger partial charge in [0.25, 0.3) is 0 Å². The van der Waals surface area contributed by atoms with Crippen molar-refractivity contribution < 1.29 is 27.0 Å². The summed E-state index contributed by atoms with van der Waals surface area (Å²) in [6, 6.07) is 3.80. The molecule has 1 aromatic rings. The molecule has 0 aliphatic heterocycles. The number of benzene rings is 1. The quantitative estimate of drug-likeness (QED) is 0.731. The third-order valence-corrected chi connectivity index (χ3v) is 1.53. The van der Waals surface area contributed by atoms with Crippen LogP contribution in [0.5, 0.6) is 11.5 Å². The Morgan fingerprint density at radius 1 is 0.933 bits per heavy atom. The number of ether oxygens (including phenoxy) is 2. The highest BCUT2D eigenvalue weighted by atomic mass is 19.3. The summed E-state index contributed by atoms with van der Waals surface area (Å²) in [7, 11) is 0. The summed E-state index contributed by atoms with van der Waals surface area (Å²) in [6.07, 6.45) is 0. The van der Waals surface area contributed by atoms with E-state index in [1.54, 1.807) is 6.92 Å². The molecular formula is C9H8F4O2. The molecule has 0 N–H and O–H groups in total. The van der Waals surface area contributed by atoms with Gasteiger partial charge in [-0.2, -0.15) is 17.6 Å². The maximum Gasteiger partial charge on any atom is 0.387 e. The van der Waals surface area contributed by atoms with Gasteiger partial charge in [0.05, 0.1) is 0 Å². The number of hydrogen-bond donors (Lipinski definition) is 0. The average Bonchev–Trinajstić information content (AvgIpc) is 2.08. The van der Waals surface area contributed by atoms with Crippen molar-refractivity contribution >= 4 is 0 Å². The number of halogens is 4. The van der Waals surface area contributed by atoms with Gasteiger partial charge in [0.2, 0.25) is 0 Å². The number of rotatable bonds is 4. The monoisotopic (exact) mass is 224 g/mol. The van der Waals surface area contributed by atoms with Crippen molar-refractivity contribution in [3.05, 3.63) is 23.8 Å². The standard InChI is InChI=1S/C9H8F4O2/c1-5-2-3-6(14-8(10)11)7(4-5)15-9(12)13/h2-4,8-9H,1H3. The number of hydrogen-bond acceptors (Lipinski definition) is 2. The Balaban J connectivity index is 2.92. The first-order valence-corrected chi connectivity index (χ1v) is 3.99. The molecule has 0 aliphatic rings. The first kappa shape index (κ1) is 11.6. The van der Waals surface area contributed by atoms with E-state index in [0.29, 0.717) is 5.56 Å². The van der Waals surface area contributed by atoms with E-state index in [4.69, 9.17) is 0 Å². The van der Waals surface area contributed by atoms with Crippen LogP contribution < -0.4 is 9.47 Å². The van der Waals surface area contributed by atoms with Crippen LogP contribution >= 0.6 is 0 Å². The summed E-state index contributed by atoms with van der Waals surface area (Å²) in [6.45, 7) is -4.54. The fourth-order valence-corrected chi connectivity index (χ4v) is 0.997. The predicted molar refractivity (Wildman–Crippen MR) is 44.4 cm³/mol. The highest BCUT2D eigenvalue weighted by Gasteiger charge is 2.14. The van der Waals surface area contributed by atoms with Crippen LogP contribution in [-0.4, -0.2) is 13.2 Å². The van der Waals surface area contributed by atoms with Gasteiger partial charge in [0, 0.05) is 0 Å². The molecule has 15 heavy (non-hydrogen) atoms. The minimum atomic E-state index is -3.08. The number of alkyl halides is 4. The van der Waals surface area contributed by atoms with Gasteiger partial charge in [0.15, 0.2) is 11.5 Å². The summed E-state index contributed by atoms with van der Waals surface area (Å²) in [4.78, 5) is 0. The molecule has 0 atom stereocenters. The molecule has 84 valence electrons. The Labute approximate surface area is 83.4 Å². The van der Waals surface area contributed by atoms with Gasteiger partial charge in [-0.15, -0.1) is 0 Å². The second kappa shape index (κ2) is 4.86. The molecule has 0 saturated carbocycles. The van der Waals surface area contributed by atoms with E-state index in [2.05, 4.69) is 9.47 Å². The second-order valence-electron chi connectivity index (χ2n) is 2.71. The summed E-state index contributed by atoms with van der Waals surface area (Å²) < 4.78 is 55.6. The van der Waals surface area contributed by atoms with Crippen LogP contribution in [0.4, 0.5) is 17.6 Å². The van der Waals surface area contributed by atoms with E-state index in [1.165, 1.54) is 12.1 Å². The Hall–Kier alpha value is -1.46. The third-order valence-electron chi connectivity index (χ3n) is 1.53. The van der Waals surface area contributed by atoms with Gasteiger partial charge in [-0.1, -0.05) is 6.07 Å². The topological polar surface area (TPSA) is 18.5 Å². The Kier molecular flexibility index (Phi) is 3.76. The van der Waals surface area contributed by atoms with Crippen molar-refractivity contribution in [1.82, 2.24) is 0 Å². The molecule has 0 spiro atoms. The van der Waals surface area contributed by atoms with Crippen LogP contribution in [0.1, 0.15) is 5.56 Å². The molecule has 6 heteroatoms. The molecule has 0 fully saturated rings. The van der Waals surface area contributed by atoms with E-state index < -0.39 is 24.7 Å². The second-order valence-corrected chi connectivity index (χ2v) is 2.71. The Morgan fingerprint density at radius 2 is 1.47 bits per heavy atom. The van der Waals surface area contributed by atoms with Gasteiger partial charge in [-0.3, -0.25) is 0 Å². The van der Waals surface area contributed by atoms with E-state index in [0.717, 1.165) is 6.07 Å². The average molecular weight is 224 g/mol. The smallest absolute Gasteiger partial charge is 0.387 e. The fraction of sp³-hybridized carbons (Fsp3) is 0.333. The maximum atomic E-state index is 11.9. The van der Waals surface area contributed by atoms with Crippen molar-refractivity contribution in [2.75, 3.05) is 0 Å². The zero-order valence-electron chi connectivity index (χ0n) is 7.72. The van der Waals surface area contributed by atoms with Crippen molar-refractivity contribution in [3.8, 4) is 11.5 Å². The predicted octanol–water partition coefficient (Wildman–Crippen LogP) is 3.20. The SMILES string of the molecule is Cc1ccc(OC(F)F)c(OC(F)F)c1. The molecule has 1 rings (SSSR count). The highest BCUT2D eigenvalue weighted by molar-refractivity contribution is 5.42. The minimum absolute atomic E-state index is 0.398. The van der Waals surface area contributed by atoms with E-state index >= 15 is 0 Å². The van der Waals surface area contributed by atoms with Gasteiger partial charge in [-0.05, 0) is 24.6 Å². The molecule has 0 aromatic heterocycles. The third kappa shape index (κ3) is 3.65. The molecule has 0 heterocycles. The zero-order chi connectivity index (χ0) is 11.4. The van der Waals surface area contributed by atoms with Gasteiger partial charge >= 0.3 is 13.2 Å². The molecular weight excluding hydrogens is 216 g/mol. The molecule has 0 saturated heterocycles. The lowest BCUT2D eigenvalue weighted by atomic mass is 10.2. The molecule has 1 aromatic carbocycles. The van der Waals surface area contributed by atoms with Crippen LogP contribution in [0, 0.1) is 6.92 Å². The first-order chi connectivity index (χ1) is 6.99. The van der Waals surface area contributed by atoms with Crippen molar-refractivity contribution in [2.45, 2.75) is 20.1 Å². The van der Waals surface area contributed by atoms with Crippen LogP contribution in [0.25, 0.3) is 0 Å². The van der Waals surface area contributed by atoms with Crippen molar-refractivity contribution in [2.24, 2.45) is 0 Å².